The molecule has 168 valence electrons. The molecule has 0 atom stereocenters. The van der Waals surface area contributed by atoms with Crippen LogP contribution in [0.4, 0.5) is 5.82 Å². The Morgan fingerprint density at radius 3 is 2.56 bits per heavy atom. The molecule has 0 radical (unpaired) electrons. The van der Waals surface area contributed by atoms with E-state index < -0.39 is 4.92 Å². The zero-order chi connectivity index (χ0) is 22.8. The number of rotatable bonds is 6. The summed E-state index contributed by atoms with van der Waals surface area (Å²) in [6.45, 7) is 5.05. The quantitative estimate of drug-likeness (QED) is 0.394. The van der Waals surface area contributed by atoms with Gasteiger partial charge in [-0.3, -0.25) is 9.69 Å². The van der Waals surface area contributed by atoms with Gasteiger partial charge < -0.3 is 19.5 Å². The summed E-state index contributed by atoms with van der Waals surface area (Å²) in [4.78, 5) is 27.4. The molecule has 0 spiro atoms. The van der Waals surface area contributed by atoms with E-state index in [0.29, 0.717) is 54.1 Å². The Kier molecular flexibility index (Phi) is 6.45. The third kappa shape index (κ3) is 4.77. The van der Waals surface area contributed by atoms with E-state index in [0.717, 1.165) is 5.56 Å². The fourth-order valence-electron chi connectivity index (χ4n) is 3.60. The molecule has 0 saturated carbocycles. The highest BCUT2D eigenvalue weighted by Gasteiger charge is 2.28. The highest BCUT2D eigenvalue weighted by molar-refractivity contribution is 6.42. The largest absolute Gasteiger partial charge is 0.389 e. The summed E-state index contributed by atoms with van der Waals surface area (Å²) >= 11 is 12.1. The number of amides is 1. The molecular weight excluding hydrogens is 459 g/mol. The first-order chi connectivity index (χ1) is 15.3. The molecule has 4 rings (SSSR count). The van der Waals surface area contributed by atoms with Gasteiger partial charge in [-0.05, 0) is 29.5 Å². The highest BCUT2D eigenvalue weighted by atomic mass is 35.5. The molecule has 10 nitrogen and oxygen atoms in total. The molecule has 0 aliphatic carbocycles. The first kappa shape index (κ1) is 22.3. The van der Waals surface area contributed by atoms with Gasteiger partial charge in [0.1, 0.15) is 5.76 Å². The molecule has 1 aliphatic rings. The van der Waals surface area contributed by atoms with Gasteiger partial charge >= 0.3 is 5.82 Å². The summed E-state index contributed by atoms with van der Waals surface area (Å²) in [6.07, 6.45) is 1.49. The van der Waals surface area contributed by atoms with E-state index in [1.807, 2.05) is 12.1 Å². The highest BCUT2D eigenvalue weighted by Crippen LogP contribution is 2.24. The summed E-state index contributed by atoms with van der Waals surface area (Å²) < 4.78 is 6.64. The number of aryl methyl sites for hydroxylation is 1. The topological polar surface area (TPSA) is 111 Å². The second kappa shape index (κ2) is 9.27. The smallest absolute Gasteiger partial charge is 0.361 e. The number of hydrogen-bond acceptors (Lipinski definition) is 7. The van der Waals surface area contributed by atoms with Crippen LogP contribution in [0.1, 0.15) is 27.4 Å². The van der Waals surface area contributed by atoms with Gasteiger partial charge in [0.05, 0.1) is 39.5 Å². The first-order valence-electron chi connectivity index (χ1n) is 9.90. The summed E-state index contributed by atoms with van der Waals surface area (Å²) in [5.41, 5.74) is 1.83. The number of nitro groups is 1. The maximum absolute atomic E-state index is 13.1. The number of benzene rings is 1. The van der Waals surface area contributed by atoms with Gasteiger partial charge in [-0.15, -0.1) is 0 Å². The number of halogens is 2. The van der Waals surface area contributed by atoms with Crippen molar-refractivity contribution in [3.8, 4) is 0 Å². The number of carbonyl (C=O) groups is 1. The lowest BCUT2D eigenvalue weighted by molar-refractivity contribution is -0.389. The van der Waals surface area contributed by atoms with Crippen molar-refractivity contribution < 1.29 is 14.2 Å². The minimum atomic E-state index is -0.569. The van der Waals surface area contributed by atoms with Crippen molar-refractivity contribution >= 4 is 34.9 Å². The molecule has 2 aromatic heterocycles. The Hall–Kier alpha value is -2.95. The normalized spacial score (nSPS) is 14.7. The van der Waals surface area contributed by atoms with Crippen LogP contribution in [0.15, 0.2) is 35.0 Å². The minimum Gasteiger partial charge on any atom is -0.361 e. The maximum Gasteiger partial charge on any atom is 0.389 e. The lowest BCUT2D eigenvalue weighted by Crippen LogP contribution is -2.48. The molecule has 1 aliphatic heterocycles. The van der Waals surface area contributed by atoms with Gasteiger partial charge in [-0.25, -0.2) is 0 Å². The van der Waals surface area contributed by atoms with E-state index in [2.05, 4.69) is 15.2 Å². The van der Waals surface area contributed by atoms with Crippen molar-refractivity contribution in [2.45, 2.75) is 20.0 Å². The number of carbonyl (C=O) groups excluding carboxylic acids is 1. The number of piperazine rings is 1. The molecule has 3 aromatic rings. The van der Waals surface area contributed by atoms with E-state index >= 15 is 0 Å². The van der Waals surface area contributed by atoms with Gasteiger partial charge in [0.2, 0.25) is 0 Å². The van der Waals surface area contributed by atoms with Crippen LogP contribution in [0.5, 0.6) is 0 Å². The van der Waals surface area contributed by atoms with Crippen LogP contribution in [-0.2, 0) is 13.1 Å². The minimum absolute atomic E-state index is 0.154. The molecule has 12 heteroatoms. The van der Waals surface area contributed by atoms with Gasteiger partial charge in [0, 0.05) is 32.7 Å². The average molecular weight is 479 g/mol. The van der Waals surface area contributed by atoms with Crippen molar-refractivity contribution in [1.29, 1.82) is 0 Å². The monoisotopic (exact) mass is 478 g/mol. The average Bonchev–Trinajstić information content (AvgIpc) is 3.39. The van der Waals surface area contributed by atoms with Gasteiger partial charge in [-0.1, -0.05) is 34.4 Å². The van der Waals surface area contributed by atoms with E-state index in [1.54, 1.807) is 17.9 Å². The third-order valence-electron chi connectivity index (χ3n) is 5.37. The van der Waals surface area contributed by atoms with Crippen LogP contribution < -0.4 is 0 Å². The SMILES string of the molecule is Cc1onc(C(=O)N2CCN(Cc3ccc(Cl)c(Cl)c3)CC2)c1Cn1ccc([N+](=O)[O-])n1. The third-order valence-corrected chi connectivity index (χ3v) is 6.11. The second-order valence-electron chi connectivity index (χ2n) is 7.51. The summed E-state index contributed by atoms with van der Waals surface area (Å²) in [5.74, 6) is -0.0115. The zero-order valence-corrected chi connectivity index (χ0v) is 18.7. The number of aromatic nitrogens is 3. The van der Waals surface area contributed by atoms with Crippen molar-refractivity contribution in [2.24, 2.45) is 0 Å². The van der Waals surface area contributed by atoms with Crippen molar-refractivity contribution in [3.63, 3.8) is 0 Å². The van der Waals surface area contributed by atoms with Crippen LogP contribution in [0.2, 0.25) is 10.0 Å². The molecule has 0 N–H and O–H groups in total. The number of nitrogens with zero attached hydrogens (tertiary/aromatic N) is 6. The maximum atomic E-state index is 13.1. The van der Waals surface area contributed by atoms with E-state index in [4.69, 9.17) is 27.7 Å². The Balaban J connectivity index is 1.40. The molecule has 1 fully saturated rings. The first-order valence-corrected chi connectivity index (χ1v) is 10.7. The number of hydrogen-bond donors (Lipinski definition) is 0. The van der Waals surface area contributed by atoms with Crippen LogP contribution >= 0.6 is 23.2 Å². The molecule has 1 amide bonds. The van der Waals surface area contributed by atoms with Crippen LogP contribution in [0.25, 0.3) is 0 Å². The fourth-order valence-corrected chi connectivity index (χ4v) is 3.92. The van der Waals surface area contributed by atoms with Gasteiger partial charge in [0.25, 0.3) is 5.91 Å². The Bertz CT molecular complexity index is 1150. The van der Waals surface area contributed by atoms with E-state index in [9.17, 15) is 14.9 Å². The lowest BCUT2D eigenvalue weighted by Gasteiger charge is -2.34. The molecular formula is C20H20Cl2N6O4. The Morgan fingerprint density at radius 2 is 1.91 bits per heavy atom. The lowest BCUT2D eigenvalue weighted by atomic mass is 10.1. The summed E-state index contributed by atoms with van der Waals surface area (Å²) in [6, 6.07) is 6.88. The molecule has 0 unspecified atom stereocenters. The molecule has 1 saturated heterocycles. The Labute approximate surface area is 193 Å². The van der Waals surface area contributed by atoms with Crippen molar-refractivity contribution in [2.75, 3.05) is 26.2 Å². The van der Waals surface area contributed by atoms with E-state index in [-0.39, 0.29) is 24.0 Å². The Morgan fingerprint density at radius 1 is 1.16 bits per heavy atom. The molecule has 32 heavy (non-hydrogen) atoms. The van der Waals surface area contributed by atoms with Crippen molar-refractivity contribution in [3.05, 3.63) is 73.2 Å². The predicted octanol–water partition coefficient (Wildman–Crippen LogP) is 3.40. The predicted molar refractivity (Wildman–Crippen MR) is 117 cm³/mol. The summed E-state index contributed by atoms with van der Waals surface area (Å²) in [5, 5.41) is 19.8. The van der Waals surface area contributed by atoms with Gasteiger partial charge in [0.15, 0.2) is 5.69 Å². The van der Waals surface area contributed by atoms with Crippen LogP contribution in [-0.4, -0.2) is 61.7 Å². The molecule has 0 bridgehead atoms. The zero-order valence-electron chi connectivity index (χ0n) is 17.2. The van der Waals surface area contributed by atoms with Crippen LogP contribution in [0.3, 0.4) is 0 Å². The molecule has 1 aromatic carbocycles. The summed E-state index contributed by atoms with van der Waals surface area (Å²) in [7, 11) is 0. The standard InChI is InChI=1S/C20H20Cl2N6O4/c1-13-15(12-27-5-4-18(23-27)28(30)31)19(24-32-13)20(29)26-8-6-25(7-9-26)11-14-2-3-16(21)17(22)10-14/h2-5,10H,6-9,11-12H2,1H3. The fraction of sp³-hybridized carbons (Fsp3) is 0.350. The van der Waals surface area contributed by atoms with Crippen LogP contribution in [0, 0.1) is 17.0 Å². The van der Waals surface area contributed by atoms with Gasteiger partial charge in [-0.2, -0.15) is 4.68 Å². The second-order valence-corrected chi connectivity index (χ2v) is 8.33. The van der Waals surface area contributed by atoms with Crippen molar-refractivity contribution in [1.82, 2.24) is 24.7 Å². The molecule has 3 heterocycles. The van der Waals surface area contributed by atoms with E-state index in [1.165, 1.54) is 16.9 Å².